The Balaban J connectivity index is 1.98. The van der Waals surface area contributed by atoms with Gasteiger partial charge in [0.1, 0.15) is 5.75 Å². The Kier molecular flexibility index (Phi) is 7.50. The molecular weight excluding hydrogens is 505 g/mol. The molecule has 0 N–H and O–H groups in total. The van der Waals surface area contributed by atoms with Crippen LogP contribution in [0.2, 0.25) is 10.0 Å². The van der Waals surface area contributed by atoms with E-state index in [1.54, 1.807) is 53.0 Å². The molecule has 3 aromatic rings. The van der Waals surface area contributed by atoms with Crippen molar-refractivity contribution in [1.82, 2.24) is 9.47 Å². The maximum absolute atomic E-state index is 13.8. The zero-order valence-electron chi connectivity index (χ0n) is 19.8. The molecule has 9 heteroatoms. The summed E-state index contributed by atoms with van der Waals surface area (Å²) < 4.78 is 7.51. The molecule has 4 rings (SSSR count). The molecule has 1 aliphatic heterocycles. The Morgan fingerprint density at radius 1 is 1.14 bits per heavy atom. The molecule has 0 saturated heterocycles. The highest BCUT2D eigenvalue weighted by atomic mass is 35.5. The van der Waals surface area contributed by atoms with E-state index in [0.29, 0.717) is 55.1 Å². The number of amides is 1. The lowest BCUT2D eigenvalue weighted by atomic mass is 9.94. The zero-order chi connectivity index (χ0) is 25.3. The highest BCUT2D eigenvalue weighted by Gasteiger charge is 2.34. The van der Waals surface area contributed by atoms with E-state index < -0.39 is 6.04 Å². The van der Waals surface area contributed by atoms with Gasteiger partial charge in [-0.3, -0.25) is 14.2 Å². The molecule has 0 aliphatic carbocycles. The summed E-state index contributed by atoms with van der Waals surface area (Å²) in [6.45, 7) is 6.79. The quantitative estimate of drug-likeness (QED) is 0.474. The molecule has 0 unspecified atom stereocenters. The van der Waals surface area contributed by atoms with Crippen molar-refractivity contribution < 1.29 is 9.53 Å². The average Bonchev–Trinajstić information content (AvgIpc) is 3.14. The first-order chi connectivity index (χ1) is 16.8. The highest BCUT2D eigenvalue weighted by Crippen LogP contribution is 2.32. The van der Waals surface area contributed by atoms with Gasteiger partial charge in [0, 0.05) is 28.7 Å². The number of nitrogens with zero attached hydrogens (tertiary/aromatic N) is 3. The van der Waals surface area contributed by atoms with Crippen molar-refractivity contribution in [3.63, 3.8) is 0 Å². The van der Waals surface area contributed by atoms with Crippen molar-refractivity contribution in [2.75, 3.05) is 20.2 Å². The van der Waals surface area contributed by atoms with Crippen molar-refractivity contribution >= 4 is 46.5 Å². The Bertz CT molecular complexity index is 1490. The second-order valence-electron chi connectivity index (χ2n) is 8.00. The summed E-state index contributed by atoms with van der Waals surface area (Å²) in [6, 6.07) is 11.8. The summed E-state index contributed by atoms with van der Waals surface area (Å²) >= 11 is 13.6. The second-order valence-corrected chi connectivity index (χ2v) is 9.88. The van der Waals surface area contributed by atoms with Crippen LogP contribution in [0.15, 0.2) is 63.5 Å². The fraction of sp³-hybridized carbons (Fsp3) is 0.269. The number of allylic oxidation sites excluding steroid dienone is 1. The molecule has 182 valence electrons. The lowest BCUT2D eigenvalue weighted by Crippen LogP contribution is -2.43. The maximum atomic E-state index is 13.8. The molecular formula is C26H25Cl2N3O3S. The minimum absolute atomic E-state index is 0.137. The number of aromatic nitrogens is 1. The topological polar surface area (TPSA) is 63.9 Å². The summed E-state index contributed by atoms with van der Waals surface area (Å²) in [5.41, 5.74) is 2.30. The SMILES string of the molecule is CCN(CC)C(=O)C1=C(C)N=c2s/c(=C/c3cc(Cl)ccc3OC)c(=O)n2[C@H]1c1ccc(Cl)cc1. The van der Waals surface area contributed by atoms with Gasteiger partial charge in [0.05, 0.1) is 29.0 Å². The van der Waals surface area contributed by atoms with E-state index in [1.807, 2.05) is 32.9 Å². The van der Waals surface area contributed by atoms with Crippen LogP contribution in [0.3, 0.4) is 0 Å². The summed E-state index contributed by atoms with van der Waals surface area (Å²) in [4.78, 5) is 34.3. The molecule has 2 aromatic carbocycles. The normalized spacial score (nSPS) is 15.6. The van der Waals surface area contributed by atoms with Crippen LogP contribution in [-0.2, 0) is 4.79 Å². The Morgan fingerprint density at radius 2 is 1.80 bits per heavy atom. The van der Waals surface area contributed by atoms with E-state index >= 15 is 0 Å². The summed E-state index contributed by atoms with van der Waals surface area (Å²) in [5, 5.41) is 1.11. The van der Waals surface area contributed by atoms with Crippen LogP contribution in [0.1, 0.15) is 37.9 Å². The first-order valence-corrected chi connectivity index (χ1v) is 12.8. The maximum Gasteiger partial charge on any atom is 0.271 e. The van der Waals surface area contributed by atoms with Gasteiger partial charge < -0.3 is 9.64 Å². The predicted octanol–water partition coefficient (Wildman–Crippen LogP) is 4.42. The number of rotatable bonds is 6. The van der Waals surface area contributed by atoms with Crippen LogP contribution >= 0.6 is 34.5 Å². The number of methoxy groups -OCH3 is 1. The first kappa shape index (κ1) is 25.2. The van der Waals surface area contributed by atoms with Gasteiger partial charge in [0.15, 0.2) is 4.80 Å². The monoisotopic (exact) mass is 529 g/mol. The molecule has 6 nitrogen and oxygen atoms in total. The lowest BCUT2D eigenvalue weighted by molar-refractivity contribution is -0.127. The van der Waals surface area contributed by atoms with Gasteiger partial charge in [-0.25, -0.2) is 4.99 Å². The second kappa shape index (κ2) is 10.4. The predicted molar refractivity (Wildman–Crippen MR) is 141 cm³/mol. The van der Waals surface area contributed by atoms with Gasteiger partial charge in [-0.15, -0.1) is 0 Å². The summed E-state index contributed by atoms with van der Waals surface area (Å²) in [5.74, 6) is 0.463. The van der Waals surface area contributed by atoms with Gasteiger partial charge in [0.25, 0.3) is 11.5 Å². The molecule has 0 fully saturated rings. The van der Waals surface area contributed by atoms with Crippen molar-refractivity contribution in [3.8, 4) is 5.75 Å². The molecule has 0 radical (unpaired) electrons. The number of hydrogen-bond donors (Lipinski definition) is 0. The fourth-order valence-corrected chi connectivity index (χ4v) is 5.54. The van der Waals surface area contributed by atoms with Crippen molar-refractivity contribution in [2.45, 2.75) is 26.8 Å². The number of hydrogen-bond acceptors (Lipinski definition) is 5. The van der Waals surface area contributed by atoms with E-state index in [2.05, 4.69) is 4.99 Å². The Labute approximate surface area is 217 Å². The van der Waals surface area contributed by atoms with E-state index in [0.717, 1.165) is 5.56 Å². The lowest BCUT2D eigenvalue weighted by Gasteiger charge is -2.29. The largest absolute Gasteiger partial charge is 0.496 e. The third-order valence-corrected chi connectivity index (χ3v) is 7.44. The van der Waals surface area contributed by atoms with Gasteiger partial charge in [0.2, 0.25) is 0 Å². The smallest absolute Gasteiger partial charge is 0.271 e. The molecule has 0 bridgehead atoms. The number of halogens is 2. The van der Waals surface area contributed by atoms with Crippen LogP contribution in [0.4, 0.5) is 0 Å². The average molecular weight is 530 g/mol. The number of benzene rings is 2. The van der Waals surface area contributed by atoms with Crippen molar-refractivity contribution in [2.24, 2.45) is 4.99 Å². The van der Waals surface area contributed by atoms with Crippen molar-refractivity contribution in [3.05, 3.63) is 94.6 Å². The van der Waals surface area contributed by atoms with Crippen molar-refractivity contribution in [1.29, 1.82) is 0 Å². The van der Waals surface area contributed by atoms with Crippen LogP contribution in [-0.4, -0.2) is 35.6 Å². The molecule has 1 atom stereocenters. The summed E-state index contributed by atoms with van der Waals surface area (Å²) in [6.07, 6.45) is 1.75. The van der Waals surface area contributed by atoms with Crippen LogP contribution < -0.4 is 19.6 Å². The third-order valence-electron chi connectivity index (χ3n) is 5.97. The molecule has 35 heavy (non-hydrogen) atoms. The molecule has 1 aliphatic rings. The number of carbonyl (C=O) groups excluding carboxylic acids is 1. The fourth-order valence-electron chi connectivity index (χ4n) is 4.20. The van der Waals surface area contributed by atoms with Gasteiger partial charge in [-0.2, -0.15) is 0 Å². The van der Waals surface area contributed by atoms with Gasteiger partial charge >= 0.3 is 0 Å². The van der Waals surface area contributed by atoms with Crippen LogP contribution in [0.25, 0.3) is 6.08 Å². The third kappa shape index (κ3) is 4.81. The molecule has 0 saturated carbocycles. The summed E-state index contributed by atoms with van der Waals surface area (Å²) in [7, 11) is 1.57. The molecule has 2 heterocycles. The van der Waals surface area contributed by atoms with Crippen LogP contribution in [0.5, 0.6) is 5.75 Å². The Morgan fingerprint density at radius 3 is 2.43 bits per heavy atom. The van der Waals surface area contributed by atoms with E-state index in [4.69, 9.17) is 27.9 Å². The van der Waals surface area contributed by atoms with Gasteiger partial charge in [-0.1, -0.05) is 46.7 Å². The standard InChI is InChI=1S/C26H25Cl2N3O3S/c1-5-30(6-2)25(33)22-15(3)29-26-31(23(22)16-7-9-18(27)10-8-16)24(32)21(35-26)14-17-13-19(28)11-12-20(17)34-4/h7-14,23H,5-6H2,1-4H3/b21-14+/t23-/m0/s1. The number of ether oxygens (including phenoxy) is 1. The zero-order valence-corrected chi connectivity index (χ0v) is 22.2. The van der Waals surface area contributed by atoms with E-state index in [-0.39, 0.29) is 11.5 Å². The minimum atomic E-state index is -0.625. The number of likely N-dealkylation sites (N-methyl/N-ethyl adjacent to an activating group) is 1. The van der Waals surface area contributed by atoms with Crippen LogP contribution in [0, 0.1) is 0 Å². The molecule has 1 amide bonds. The molecule has 1 aromatic heterocycles. The van der Waals surface area contributed by atoms with E-state index in [9.17, 15) is 9.59 Å². The number of carbonyl (C=O) groups is 1. The highest BCUT2D eigenvalue weighted by molar-refractivity contribution is 7.07. The number of fused-ring (bicyclic) bond motifs is 1. The first-order valence-electron chi connectivity index (χ1n) is 11.2. The molecule has 0 spiro atoms. The van der Waals surface area contributed by atoms with Gasteiger partial charge in [-0.05, 0) is 62.7 Å². The minimum Gasteiger partial charge on any atom is -0.496 e. The van der Waals surface area contributed by atoms with E-state index in [1.165, 1.54) is 11.3 Å². The Hall–Kier alpha value is -2.87. The number of thiazole rings is 1.